The molecule has 1 aromatic heterocycles. The highest BCUT2D eigenvalue weighted by Gasteiger charge is 2.58. The Kier molecular flexibility index (Phi) is 4.44. The summed E-state index contributed by atoms with van der Waals surface area (Å²) < 4.78 is 48.1. The summed E-state index contributed by atoms with van der Waals surface area (Å²) in [5.41, 5.74) is -1.95. The molecule has 3 nitrogen and oxygen atoms in total. The Hall–Kier alpha value is -2.89. The van der Waals surface area contributed by atoms with Gasteiger partial charge in [0.2, 0.25) is 0 Å². The molecule has 6 heteroatoms. The molecule has 0 radical (unpaired) electrons. The van der Waals surface area contributed by atoms with Crippen molar-refractivity contribution in [2.45, 2.75) is 11.7 Å². The molecule has 3 rings (SSSR count). The van der Waals surface area contributed by atoms with Gasteiger partial charge in [0.1, 0.15) is 5.75 Å². The molecule has 0 unspecified atom stereocenters. The van der Waals surface area contributed by atoms with Gasteiger partial charge < -0.3 is 15.0 Å². The number of hydrogen-bond donors (Lipinski definition) is 2. The minimum absolute atomic E-state index is 0.0158. The molecule has 1 atom stereocenters. The van der Waals surface area contributed by atoms with Crippen molar-refractivity contribution in [3.63, 3.8) is 0 Å². The van der Waals surface area contributed by atoms with Crippen LogP contribution in [0.3, 0.4) is 0 Å². The average molecular weight is 346 g/mol. The van der Waals surface area contributed by atoms with E-state index in [1.54, 1.807) is 48.5 Å². The number of rotatable bonds is 5. The summed E-state index contributed by atoms with van der Waals surface area (Å²) >= 11 is 0. The maximum absolute atomic E-state index is 14.3. The number of halogens is 3. The van der Waals surface area contributed by atoms with Crippen molar-refractivity contribution in [2.75, 3.05) is 12.4 Å². The van der Waals surface area contributed by atoms with Gasteiger partial charge in [0.05, 0.1) is 12.8 Å². The Labute approximate surface area is 143 Å². The first-order valence-corrected chi connectivity index (χ1v) is 7.66. The maximum Gasteiger partial charge on any atom is 0.421 e. The number of benzene rings is 2. The van der Waals surface area contributed by atoms with Crippen LogP contribution in [0.4, 0.5) is 18.9 Å². The number of aromatic amines is 1. The predicted molar refractivity (Wildman–Crippen MR) is 90.7 cm³/mol. The van der Waals surface area contributed by atoms with Gasteiger partial charge in [0.25, 0.3) is 0 Å². The fourth-order valence-corrected chi connectivity index (χ4v) is 2.82. The monoisotopic (exact) mass is 346 g/mol. The molecule has 2 N–H and O–H groups in total. The second kappa shape index (κ2) is 6.55. The Bertz CT molecular complexity index is 799. The summed E-state index contributed by atoms with van der Waals surface area (Å²) in [6, 6.07) is 17.1. The van der Waals surface area contributed by atoms with Crippen molar-refractivity contribution in [2.24, 2.45) is 0 Å². The molecule has 1 heterocycles. The van der Waals surface area contributed by atoms with Crippen molar-refractivity contribution in [1.82, 2.24) is 4.98 Å². The number of H-pyrrole nitrogens is 1. The topological polar surface area (TPSA) is 37.0 Å². The Morgan fingerprint density at radius 2 is 1.56 bits per heavy atom. The number of methoxy groups -OCH3 is 1. The largest absolute Gasteiger partial charge is 0.497 e. The second-order valence-electron chi connectivity index (χ2n) is 5.55. The smallest absolute Gasteiger partial charge is 0.421 e. The van der Waals surface area contributed by atoms with Gasteiger partial charge in [0.15, 0.2) is 5.54 Å². The van der Waals surface area contributed by atoms with Crippen molar-refractivity contribution in [3.8, 4) is 5.75 Å². The van der Waals surface area contributed by atoms with Gasteiger partial charge in [-0.3, -0.25) is 0 Å². The normalized spacial score (nSPS) is 13.9. The maximum atomic E-state index is 14.3. The molecule has 0 saturated heterocycles. The number of aromatic nitrogens is 1. The first-order valence-electron chi connectivity index (χ1n) is 7.66. The molecule has 25 heavy (non-hydrogen) atoms. The van der Waals surface area contributed by atoms with Crippen LogP contribution in [0.5, 0.6) is 5.75 Å². The van der Waals surface area contributed by atoms with Gasteiger partial charge in [-0.1, -0.05) is 30.3 Å². The summed E-state index contributed by atoms with van der Waals surface area (Å²) in [6.45, 7) is 0. The Morgan fingerprint density at radius 1 is 0.880 bits per heavy atom. The van der Waals surface area contributed by atoms with Crippen LogP contribution in [0, 0.1) is 0 Å². The van der Waals surface area contributed by atoms with Crippen LogP contribution in [-0.4, -0.2) is 18.3 Å². The van der Waals surface area contributed by atoms with E-state index >= 15 is 0 Å². The second-order valence-corrected chi connectivity index (χ2v) is 5.55. The number of ether oxygens (including phenoxy) is 1. The summed E-state index contributed by atoms with van der Waals surface area (Å²) in [4.78, 5) is 2.72. The zero-order valence-corrected chi connectivity index (χ0v) is 13.5. The Balaban J connectivity index is 2.16. The first-order chi connectivity index (χ1) is 12.0. The third-order valence-corrected chi connectivity index (χ3v) is 4.06. The molecule has 130 valence electrons. The summed E-state index contributed by atoms with van der Waals surface area (Å²) in [5.74, 6) is 0.572. The SMILES string of the molecule is COc1ccc(N[C@@](c2ccccc2)(c2ccc[nH]2)C(F)(F)F)cc1. The minimum Gasteiger partial charge on any atom is -0.497 e. The lowest BCUT2D eigenvalue weighted by Crippen LogP contribution is -2.50. The Morgan fingerprint density at radius 3 is 2.08 bits per heavy atom. The fourth-order valence-electron chi connectivity index (χ4n) is 2.82. The van der Waals surface area contributed by atoms with E-state index in [1.165, 1.54) is 31.5 Å². The van der Waals surface area contributed by atoms with Gasteiger partial charge in [-0.2, -0.15) is 13.2 Å². The van der Waals surface area contributed by atoms with E-state index in [4.69, 9.17) is 4.74 Å². The fraction of sp³-hybridized carbons (Fsp3) is 0.158. The van der Waals surface area contributed by atoms with Gasteiger partial charge in [-0.25, -0.2) is 0 Å². The van der Waals surface area contributed by atoms with E-state index in [0.717, 1.165) is 0 Å². The third kappa shape index (κ3) is 3.07. The average Bonchev–Trinajstić information content (AvgIpc) is 3.14. The molecule has 3 aromatic rings. The highest BCUT2D eigenvalue weighted by Crippen LogP contribution is 2.46. The highest BCUT2D eigenvalue weighted by atomic mass is 19.4. The van der Waals surface area contributed by atoms with Crippen LogP contribution in [0.1, 0.15) is 11.3 Å². The van der Waals surface area contributed by atoms with E-state index in [-0.39, 0.29) is 11.3 Å². The van der Waals surface area contributed by atoms with E-state index in [9.17, 15) is 13.2 Å². The van der Waals surface area contributed by atoms with Gasteiger partial charge in [-0.15, -0.1) is 0 Å². The molecule has 0 amide bonds. The lowest BCUT2D eigenvalue weighted by molar-refractivity contribution is -0.171. The highest BCUT2D eigenvalue weighted by molar-refractivity contribution is 5.55. The van der Waals surface area contributed by atoms with Crippen molar-refractivity contribution < 1.29 is 17.9 Å². The van der Waals surface area contributed by atoms with E-state index < -0.39 is 11.7 Å². The van der Waals surface area contributed by atoms with E-state index in [1.807, 2.05) is 0 Å². The molecule has 2 aromatic carbocycles. The summed E-state index contributed by atoms with van der Waals surface area (Å²) in [7, 11) is 1.51. The zero-order valence-electron chi connectivity index (χ0n) is 13.5. The van der Waals surface area contributed by atoms with Crippen LogP contribution in [0.2, 0.25) is 0 Å². The molecule has 0 aliphatic heterocycles. The number of anilines is 1. The third-order valence-electron chi connectivity index (χ3n) is 4.06. The van der Waals surface area contributed by atoms with Crippen molar-refractivity contribution in [3.05, 3.63) is 84.2 Å². The van der Waals surface area contributed by atoms with Crippen LogP contribution in [0.15, 0.2) is 72.9 Å². The lowest BCUT2D eigenvalue weighted by atomic mass is 9.85. The standard InChI is InChI=1S/C19H17F3N2O/c1-25-16-11-9-15(10-12-16)24-18(19(20,21)22,17-8-5-13-23-17)14-6-3-2-4-7-14/h2-13,23-24H,1H3/t18-/m0/s1. The van der Waals surface area contributed by atoms with Crippen molar-refractivity contribution >= 4 is 5.69 Å². The molecular formula is C19H17F3N2O. The molecule has 0 aliphatic carbocycles. The van der Waals surface area contributed by atoms with E-state index in [0.29, 0.717) is 11.4 Å². The molecule has 0 spiro atoms. The van der Waals surface area contributed by atoms with Gasteiger partial charge >= 0.3 is 6.18 Å². The summed E-state index contributed by atoms with van der Waals surface area (Å²) in [5, 5.41) is 2.69. The van der Waals surface area contributed by atoms with Gasteiger partial charge in [-0.05, 0) is 42.0 Å². The molecule has 0 bridgehead atoms. The number of hydrogen-bond acceptors (Lipinski definition) is 2. The van der Waals surface area contributed by atoms with Crippen molar-refractivity contribution in [1.29, 1.82) is 0 Å². The predicted octanol–water partition coefficient (Wildman–Crippen LogP) is 4.94. The van der Waals surface area contributed by atoms with Gasteiger partial charge in [0, 0.05) is 11.9 Å². The van der Waals surface area contributed by atoms with Crippen LogP contribution in [-0.2, 0) is 5.54 Å². The molecule has 0 aliphatic rings. The zero-order chi connectivity index (χ0) is 17.9. The van der Waals surface area contributed by atoms with Crippen LogP contribution < -0.4 is 10.1 Å². The van der Waals surface area contributed by atoms with Crippen LogP contribution in [0.25, 0.3) is 0 Å². The minimum atomic E-state index is -4.58. The lowest BCUT2D eigenvalue weighted by Gasteiger charge is -2.37. The molecular weight excluding hydrogens is 329 g/mol. The molecule has 0 saturated carbocycles. The van der Waals surface area contributed by atoms with Crippen LogP contribution >= 0.6 is 0 Å². The summed E-state index contributed by atoms with van der Waals surface area (Å²) in [6.07, 6.45) is -3.10. The van der Waals surface area contributed by atoms with E-state index in [2.05, 4.69) is 10.3 Å². The molecule has 0 fully saturated rings. The number of nitrogens with one attached hydrogen (secondary N) is 2. The number of alkyl halides is 3. The quantitative estimate of drug-likeness (QED) is 0.686. The first kappa shape index (κ1) is 17.0.